The number of rotatable bonds is 8. The molecule has 1 amide bonds. The molecule has 0 saturated heterocycles. The number of carbonyl (C=O) groups is 1. The topological polar surface area (TPSA) is 55.1 Å². The molecule has 0 radical (unpaired) electrons. The number of nitrogens with one attached hydrogen (secondary N) is 1. The van der Waals surface area contributed by atoms with Gasteiger partial charge in [0.15, 0.2) is 0 Å². The standard InChI is InChI=1S/C16H25FN2O/c1-3-9-16(12-18,10-4-2)15(20)19-11-13-5-7-14(17)8-6-13/h5-8H,3-4,9-12,18H2,1-2H3,(H,19,20). The lowest BCUT2D eigenvalue weighted by molar-refractivity contribution is -0.131. The summed E-state index contributed by atoms with van der Waals surface area (Å²) in [5, 5.41) is 2.94. The molecule has 0 fully saturated rings. The average molecular weight is 280 g/mol. The Morgan fingerprint density at radius 1 is 1.20 bits per heavy atom. The van der Waals surface area contributed by atoms with E-state index in [9.17, 15) is 9.18 Å². The molecule has 0 aliphatic heterocycles. The molecular weight excluding hydrogens is 255 g/mol. The minimum atomic E-state index is -0.469. The summed E-state index contributed by atoms with van der Waals surface area (Å²) in [7, 11) is 0. The molecule has 0 spiro atoms. The van der Waals surface area contributed by atoms with E-state index in [1.807, 2.05) is 0 Å². The van der Waals surface area contributed by atoms with Crippen LogP contribution in [0.4, 0.5) is 4.39 Å². The number of benzene rings is 1. The number of carbonyl (C=O) groups excluding carboxylic acids is 1. The fourth-order valence-corrected chi connectivity index (χ4v) is 2.58. The van der Waals surface area contributed by atoms with Gasteiger partial charge in [0.2, 0.25) is 5.91 Å². The van der Waals surface area contributed by atoms with E-state index in [0.717, 1.165) is 31.2 Å². The van der Waals surface area contributed by atoms with Gasteiger partial charge in [-0.15, -0.1) is 0 Å². The summed E-state index contributed by atoms with van der Waals surface area (Å²) < 4.78 is 12.8. The van der Waals surface area contributed by atoms with Crippen molar-refractivity contribution >= 4 is 5.91 Å². The predicted octanol–water partition coefficient (Wildman–Crippen LogP) is 2.99. The average Bonchev–Trinajstić information content (AvgIpc) is 2.46. The largest absolute Gasteiger partial charge is 0.352 e. The second-order valence-electron chi connectivity index (χ2n) is 5.29. The molecular formula is C16H25FN2O. The Balaban J connectivity index is 2.68. The molecule has 0 heterocycles. The van der Waals surface area contributed by atoms with Crippen LogP contribution < -0.4 is 11.1 Å². The van der Waals surface area contributed by atoms with Crippen LogP contribution in [0.15, 0.2) is 24.3 Å². The molecule has 0 atom stereocenters. The lowest BCUT2D eigenvalue weighted by atomic mass is 9.78. The van der Waals surface area contributed by atoms with Crippen LogP contribution in [0.3, 0.4) is 0 Å². The maximum atomic E-state index is 12.8. The van der Waals surface area contributed by atoms with Crippen molar-refractivity contribution in [3.63, 3.8) is 0 Å². The minimum absolute atomic E-state index is 0.00743. The van der Waals surface area contributed by atoms with Crippen molar-refractivity contribution in [1.82, 2.24) is 5.32 Å². The molecule has 0 aliphatic rings. The first-order chi connectivity index (χ1) is 9.57. The molecule has 0 bridgehead atoms. The zero-order valence-corrected chi connectivity index (χ0v) is 12.4. The maximum absolute atomic E-state index is 12.8. The van der Waals surface area contributed by atoms with E-state index < -0.39 is 5.41 Å². The summed E-state index contributed by atoms with van der Waals surface area (Å²) in [4.78, 5) is 12.5. The zero-order valence-electron chi connectivity index (χ0n) is 12.4. The van der Waals surface area contributed by atoms with Crippen molar-refractivity contribution in [3.8, 4) is 0 Å². The molecule has 3 N–H and O–H groups in total. The van der Waals surface area contributed by atoms with Crippen molar-refractivity contribution in [2.45, 2.75) is 46.1 Å². The smallest absolute Gasteiger partial charge is 0.227 e. The van der Waals surface area contributed by atoms with Gasteiger partial charge in [-0.25, -0.2) is 4.39 Å². The van der Waals surface area contributed by atoms with E-state index in [0.29, 0.717) is 13.1 Å². The molecule has 0 aliphatic carbocycles. The van der Waals surface area contributed by atoms with E-state index in [1.165, 1.54) is 12.1 Å². The van der Waals surface area contributed by atoms with E-state index in [4.69, 9.17) is 5.73 Å². The number of amides is 1. The predicted molar refractivity (Wildman–Crippen MR) is 79.6 cm³/mol. The fraction of sp³-hybridized carbons (Fsp3) is 0.562. The second-order valence-corrected chi connectivity index (χ2v) is 5.29. The SMILES string of the molecule is CCCC(CN)(CCC)C(=O)NCc1ccc(F)cc1. The molecule has 20 heavy (non-hydrogen) atoms. The molecule has 1 aromatic carbocycles. The van der Waals surface area contributed by atoms with Crippen LogP contribution in [0.1, 0.15) is 45.1 Å². The highest BCUT2D eigenvalue weighted by Gasteiger charge is 2.34. The Labute approximate surface area is 120 Å². The minimum Gasteiger partial charge on any atom is -0.352 e. The molecule has 1 rings (SSSR count). The van der Waals surface area contributed by atoms with Gasteiger partial charge in [-0.2, -0.15) is 0 Å². The van der Waals surface area contributed by atoms with E-state index in [2.05, 4.69) is 19.2 Å². The Hall–Kier alpha value is -1.42. The second kappa shape index (κ2) is 8.00. The molecule has 3 nitrogen and oxygen atoms in total. The van der Waals surface area contributed by atoms with Gasteiger partial charge in [0.05, 0.1) is 5.41 Å². The Morgan fingerprint density at radius 2 is 1.75 bits per heavy atom. The third-order valence-corrected chi connectivity index (χ3v) is 3.70. The van der Waals surface area contributed by atoms with Crippen LogP contribution in [0, 0.1) is 11.2 Å². The van der Waals surface area contributed by atoms with Gasteiger partial charge in [-0.3, -0.25) is 4.79 Å². The normalized spacial score (nSPS) is 11.4. The van der Waals surface area contributed by atoms with Gasteiger partial charge in [-0.05, 0) is 30.5 Å². The van der Waals surface area contributed by atoms with Gasteiger partial charge in [0.25, 0.3) is 0 Å². The lowest BCUT2D eigenvalue weighted by Crippen LogP contribution is -2.45. The Morgan fingerprint density at radius 3 is 2.20 bits per heavy atom. The maximum Gasteiger partial charge on any atom is 0.227 e. The third kappa shape index (κ3) is 4.30. The van der Waals surface area contributed by atoms with E-state index >= 15 is 0 Å². The zero-order chi connectivity index (χ0) is 15.0. The number of nitrogens with two attached hydrogens (primary N) is 1. The van der Waals surface area contributed by atoms with Crippen LogP contribution in [0.25, 0.3) is 0 Å². The first kappa shape index (κ1) is 16.6. The van der Waals surface area contributed by atoms with Gasteiger partial charge < -0.3 is 11.1 Å². The number of hydrogen-bond acceptors (Lipinski definition) is 2. The molecule has 112 valence electrons. The molecule has 4 heteroatoms. The van der Waals surface area contributed by atoms with E-state index in [-0.39, 0.29) is 11.7 Å². The van der Waals surface area contributed by atoms with Crippen LogP contribution in [-0.4, -0.2) is 12.5 Å². The highest BCUT2D eigenvalue weighted by atomic mass is 19.1. The lowest BCUT2D eigenvalue weighted by Gasteiger charge is -2.30. The summed E-state index contributed by atoms with van der Waals surface area (Å²) in [6, 6.07) is 6.16. The summed E-state index contributed by atoms with van der Waals surface area (Å²) in [6.07, 6.45) is 3.46. The van der Waals surface area contributed by atoms with Crippen molar-refractivity contribution < 1.29 is 9.18 Å². The summed E-state index contributed by atoms with van der Waals surface area (Å²) in [6.45, 7) is 4.90. The first-order valence-electron chi connectivity index (χ1n) is 7.30. The third-order valence-electron chi connectivity index (χ3n) is 3.70. The van der Waals surface area contributed by atoms with Gasteiger partial charge in [0.1, 0.15) is 5.82 Å². The van der Waals surface area contributed by atoms with Crippen LogP contribution in [-0.2, 0) is 11.3 Å². The van der Waals surface area contributed by atoms with Crippen LogP contribution >= 0.6 is 0 Å². The summed E-state index contributed by atoms with van der Waals surface area (Å²) >= 11 is 0. The van der Waals surface area contributed by atoms with Gasteiger partial charge in [-0.1, -0.05) is 38.8 Å². The fourth-order valence-electron chi connectivity index (χ4n) is 2.58. The number of hydrogen-bond donors (Lipinski definition) is 2. The Kier molecular flexibility index (Phi) is 6.65. The van der Waals surface area contributed by atoms with Gasteiger partial charge in [0, 0.05) is 13.1 Å². The Bertz CT molecular complexity index is 411. The quantitative estimate of drug-likeness (QED) is 0.769. The van der Waals surface area contributed by atoms with E-state index in [1.54, 1.807) is 12.1 Å². The van der Waals surface area contributed by atoms with Crippen molar-refractivity contribution in [1.29, 1.82) is 0 Å². The number of halogens is 1. The summed E-state index contributed by atoms with van der Waals surface area (Å²) in [5.74, 6) is -0.263. The first-order valence-corrected chi connectivity index (χ1v) is 7.30. The van der Waals surface area contributed by atoms with Gasteiger partial charge >= 0.3 is 0 Å². The summed E-state index contributed by atoms with van der Waals surface area (Å²) in [5.41, 5.74) is 6.28. The molecule has 0 saturated carbocycles. The molecule has 0 unspecified atom stereocenters. The van der Waals surface area contributed by atoms with Crippen LogP contribution in [0.5, 0.6) is 0 Å². The van der Waals surface area contributed by atoms with Crippen LogP contribution in [0.2, 0.25) is 0 Å². The highest BCUT2D eigenvalue weighted by molar-refractivity contribution is 5.82. The van der Waals surface area contributed by atoms with Crippen molar-refractivity contribution in [2.75, 3.05) is 6.54 Å². The molecule has 1 aromatic rings. The highest BCUT2D eigenvalue weighted by Crippen LogP contribution is 2.29. The molecule has 0 aromatic heterocycles. The van der Waals surface area contributed by atoms with Crippen molar-refractivity contribution in [3.05, 3.63) is 35.6 Å². The monoisotopic (exact) mass is 280 g/mol. The van der Waals surface area contributed by atoms with Crippen molar-refractivity contribution in [2.24, 2.45) is 11.1 Å².